The summed E-state index contributed by atoms with van der Waals surface area (Å²) in [4.78, 5) is 8.90. The molecule has 0 saturated carbocycles. The van der Waals surface area contributed by atoms with E-state index < -0.39 is 0 Å². The minimum absolute atomic E-state index is 0.0774. The van der Waals surface area contributed by atoms with E-state index in [4.69, 9.17) is 11.6 Å². The molecule has 21 heavy (non-hydrogen) atoms. The lowest BCUT2D eigenvalue weighted by Crippen LogP contribution is -2.12. The van der Waals surface area contributed by atoms with E-state index in [1.807, 2.05) is 11.4 Å². The van der Waals surface area contributed by atoms with E-state index in [1.54, 1.807) is 24.5 Å². The summed E-state index contributed by atoms with van der Waals surface area (Å²) in [5, 5.41) is 2.98. The number of hydrogen-bond donors (Lipinski definition) is 0. The monoisotopic (exact) mass is 323 g/mol. The van der Waals surface area contributed by atoms with Crippen molar-refractivity contribution in [1.29, 1.82) is 0 Å². The van der Waals surface area contributed by atoms with Gasteiger partial charge in [0, 0.05) is 17.6 Å². The van der Waals surface area contributed by atoms with E-state index in [2.05, 4.69) is 21.5 Å². The molecule has 0 aliphatic heterocycles. The van der Waals surface area contributed by atoms with Crippen LogP contribution in [0.3, 0.4) is 0 Å². The van der Waals surface area contributed by atoms with E-state index in [-0.39, 0.29) is 17.7 Å². The van der Waals surface area contributed by atoms with Gasteiger partial charge >= 0.3 is 0 Å². The number of alkyl halides is 1. The molecule has 0 aliphatic rings. The maximum absolute atomic E-state index is 13.8. The average Bonchev–Trinajstić information content (AvgIpc) is 3.10. The van der Waals surface area contributed by atoms with Crippen LogP contribution in [0.15, 0.2) is 23.7 Å². The molecule has 6 heteroatoms. The average molecular weight is 324 g/mol. The van der Waals surface area contributed by atoms with Crippen molar-refractivity contribution in [3.63, 3.8) is 0 Å². The Hall–Kier alpha value is -1.46. The van der Waals surface area contributed by atoms with Gasteiger partial charge < -0.3 is 4.57 Å². The van der Waals surface area contributed by atoms with E-state index in [0.29, 0.717) is 11.1 Å². The number of aromatic nitrogens is 3. The van der Waals surface area contributed by atoms with Crippen LogP contribution in [0.25, 0.3) is 11.0 Å². The number of aryl methyl sites for hydroxylation is 1. The van der Waals surface area contributed by atoms with Gasteiger partial charge in [-0.15, -0.1) is 22.9 Å². The molecule has 3 nitrogen and oxygen atoms in total. The molecule has 0 bridgehead atoms. The normalized spacial score (nSPS) is 13.0. The van der Waals surface area contributed by atoms with Gasteiger partial charge in [-0.3, -0.25) is 0 Å². The van der Waals surface area contributed by atoms with Crippen molar-refractivity contribution in [2.45, 2.75) is 32.2 Å². The van der Waals surface area contributed by atoms with Crippen molar-refractivity contribution >= 4 is 34.0 Å². The molecule has 0 saturated heterocycles. The highest BCUT2D eigenvalue weighted by Gasteiger charge is 2.21. The lowest BCUT2D eigenvalue weighted by Gasteiger charge is -2.18. The van der Waals surface area contributed by atoms with E-state index in [0.717, 1.165) is 22.8 Å². The smallest absolute Gasteiger partial charge is 0.128 e. The van der Waals surface area contributed by atoms with E-state index in [1.165, 1.54) is 6.07 Å². The molecule has 3 rings (SSSR count). The minimum atomic E-state index is -0.240. The summed E-state index contributed by atoms with van der Waals surface area (Å²) in [6.45, 7) is 3.86. The molecule has 0 aliphatic carbocycles. The number of halogens is 2. The van der Waals surface area contributed by atoms with Crippen LogP contribution in [0.5, 0.6) is 0 Å². The van der Waals surface area contributed by atoms with Crippen molar-refractivity contribution in [3.8, 4) is 0 Å². The summed E-state index contributed by atoms with van der Waals surface area (Å²) in [6.07, 6.45) is 2.67. The second kappa shape index (κ2) is 5.73. The Morgan fingerprint density at radius 1 is 1.43 bits per heavy atom. The number of rotatable bonds is 4. The van der Waals surface area contributed by atoms with Crippen LogP contribution in [0.1, 0.15) is 35.8 Å². The molecular weight excluding hydrogens is 309 g/mol. The summed E-state index contributed by atoms with van der Waals surface area (Å²) in [5.74, 6) is 0.798. The molecule has 1 aromatic carbocycles. The van der Waals surface area contributed by atoms with Crippen molar-refractivity contribution in [1.82, 2.24) is 14.5 Å². The van der Waals surface area contributed by atoms with Gasteiger partial charge in [-0.05, 0) is 25.0 Å². The quantitative estimate of drug-likeness (QED) is 0.653. The first kappa shape index (κ1) is 14.5. The molecular formula is C15H15ClFN3S. The van der Waals surface area contributed by atoms with Crippen LogP contribution in [0.4, 0.5) is 4.39 Å². The fraction of sp³-hybridized carbons (Fsp3) is 0.333. The number of benzene rings is 1. The zero-order valence-corrected chi connectivity index (χ0v) is 13.4. The van der Waals surface area contributed by atoms with Crippen molar-refractivity contribution < 1.29 is 4.39 Å². The maximum Gasteiger partial charge on any atom is 0.128 e. The summed E-state index contributed by atoms with van der Waals surface area (Å²) in [5.41, 5.74) is 2.16. The predicted molar refractivity (Wildman–Crippen MR) is 84.5 cm³/mol. The lowest BCUT2D eigenvalue weighted by atomic mass is 10.1. The fourth-order valence-corrected chi connectivity index (χ4v) is 3.58. The molecule has 1 atom stereocenters. The van der Waals surface area contributed by atoms with Gasteiger partial charge in [-0.1, -0.05) is 6.92 Å². The van der Waals surface area contributed by atoms with Crippen LogP contribution in [-0.2, 0) is 5.88 Å². The van der Waals surface area contributed by atoms with Crippen molar-refractivity contribution in [2.75, 3.05) is 0 Å². The summed E-state index contributed by atoms with van der Waals surface area (Å²) in [7, 11) is 0. The van der Waals surface area contributed by atoms with Gasteiger partial charge in [0.25, 0.3) is 0 Å². The van der Waals surface area contributed by atoms with Gasteiger partial charge in [0.2, 0.25) is 0 Å². The Morgan fingerprint density at radius 2 is 2.24 bits per heavy atom. The second-order valence-corrected chi connectivity index (χ2v) is 6.11. The Bertz CT molecular complexity index is 767. The van der Waals surface area contributed by atoms with Gasteiger partial charge in [0.1, 0.15) is 16.6 Å². The Labute approximate surface area is 131 Å². The molecule has 1 unspecified atom stereocenters. The molecule has 0 spiro atoms. The van der Waals surface area contributed by atoms with Crippen LogP contribution >= 0.6 is 22.9 Å². The largest absolute Gasteiger partial charge is 0.317 e. The summed E-state index contributed by atoms with van der Waals surface area (Å²) < 4.78 is 15.8. The third kappa shape index (κ3) is 2.45. The van der Waals surface area contributed by atoms with Crippen LogP contribution in [-0.4, -0.2) is 14.5 Å². The molecule has 2 aromatic heterocycles. The first-order valence-corrected chi connectivity index (χ1v) is 8.19. The molecule has 0 radical (unpaired) electrons. The molecule has 0 amide bonds. The highest BCUT2D eigenvalue weighted by Crippen LogP contribution is 2.31. The molecule has 3 aromatic rings. The zero-order chi connectivity index (χ0) is 15.0. The first-order chi connectivity index (χ1) is 10.2. The number of thiazole rings is 1. The Morgan fingerprint density at radius 3 is 2.86 bits per heavy atom. The van der Waals surface area contributed by atoms with Crippen LogP contribution in [0.2, 0.25) is 0 Å². The fourth-order valence-electron chi connectivity index (χ4n) is 2.58. The van der Waals surface area contributed by atoms with Crippen molar-refractivity contribution in [2.24, 2.45) is 0 Å². The first-order valence-electron chi connectivity index (χ1n) is 6.78. The highest BCUT2D eigenvalue weighted by atomic mass is 35.5. The third-order valence-electron chi connectivity index (χ3n) is 3.60. The van der Waals surface area contributed by atoms with E-state index >= 15 is 0 Å². The SMILES string of the molecule is CCC(c1nccs1)n1c(CCl)nc2cc(F)c(C)cc21. The van der Waals surface area contributed by atoms with Crippen molar-refractivity contribution in [3.05, 3.63) is 45.9 Å². The molecule has 0 N–H and O–H groups in total. The lowest BCUT2D eigenvalue weighted by molar-refractivity contribution is 0.561. The third-order valence-corrected chi connectivity index (χ3v) is 4.71. The maximum atomic E-state index is 13.8. The number of nitrogens with zero attached hydrogens (tertiary/aromatic N) is 3. The molecule has 2 heterocycles. The standard InChI is InChI=1S/C15H15ClFN3S/c1-3-12(15-18-4-5-21-15)20-13-6-9(2)10(17)7-11(13)19-14(20)8-16/h4-7,12H,3,8H2,1-2H3. The zero-order valence-electron chi connectivity index (χ0n) is 11.8. The Kier molecular flexibility index (Phi) is 3.95. The minimum Gasteiger partial charge on any atom is -0.317 e. The van der Waals surface area contributed by atoms with Crippen LogP contribution in [0, 0.1) is 12.7 Å². The van der Waals surface area contributed by atoms with E-state index in [9.17, 15) is 4.39 Å². The molecule has 110 valence electrons. The molecule has 0 fully saturated rings. The van der Waals surface area contributed by atoms with Gasteiger partial charge in [-0.2, -0.15) is 0 Å². The number of imidazole rings is 1. The second-order valence-electron chi connectivity index (χ2n) is 4.92. The number of fused-ring (bicyclic) bond motifs is 1. The summed E-state index contributed by atoms with van der Waals surface area (Å²) >= 11 is 7.66. The summed E-state index contributed by atoms with van der Waals surface area (Å²) in [6, 6.07) is 3.39. The highest BCUT2D eigenvalue weighted by molar-refractivity contribution is 7.09. The predicted octanol–water partition coefficient (Wildman–Crippen LogP) is 4.68. The van der Waals surface area contributed by atoms with Gasteiger partial charge in [0.15, 0.2) is 0 Å². The topological polar surface area (TPSA) is 30.7 Å². The Balaban J connectivity index is 2.26. The van der Waals surface area contributed by atoms with Crippen LogP contribution < -0.4 is 0 Å². The number of hydrogen-bond acceptors (Lipinski definition) is 3. The van der Waals surface area contributed by atoms with Gasteiger partial charge in [-0.25, -0.2) is 14.4 Å². The van der Waals surface area contributed by atoms with Gasteiger partial charge in [0.05, 0.1) is 23.0 Å².